The van der Waals surface area contributed by atoms with Crippen LogP contribution in [-0.4, -0.2) is 11.6 Å². The van der Waals surface area contributed by atoms with Gasteiger partial charge in [0.1, 0.15) is 12.4 Å². The maximum Gasteiger partial charge on any atom is 0.148 e. The molecule has 3 heteroatoms. The van der Waals surface area contributed by atoms with Gasteiger partial charge in [-0.2, -0.15) is 0 Å². The van der Waals surface area contributed by atoms with Gasteiger partial charge in [0.2, 0.25) is 0 Å². The highest BCUT2D eigenvalue weighted by atomic mass is 16.5. The zero-order chi connectivity index (χ0) is 13.5. The molecule has 3 nitrogen and oxygen atoms in total. The minimum atomic E-state index is 0.281. The number of benzene rings is 1. The lowest BCUT2D eigenvalue weighted by molar-refractivity contribution is 0.366. The van der Waals surface area contributed by atoms with E-state index in [0.717, 1.165) is 22.7 Å². The second-order valence-corrected chi connectivity index (χ2v) is 4.09. The maximum absolute atomic E-state index is 5.51. The summed E-state index contributed by atoms with van der Waals surface area (Å²) in [6, 6.07) is 11.8. The van der Waals surface area contributed by atoms with Gasteiger partial charge >= 0.3 is 0 Å². The lowest BCUT2D eigenvalue weighted by atomic mass is 10.2. The molecule has 1 heterocycles. The Labute approximate surface area is 113 Å². The molecule has 1 N–H and O–H groups in total. The van der Waals surface area contributed by atoms with E-state index in [9.17, 15) is 0 Å². The summed E-state index contributed by atoms with van der Waals surface area (Å²) in [7, 11) is 0. The summed E-state index contributed by atoms with van der Waals surface area (Å²) in [5.41, 5.74) is 3.07. The van der Waals surface area contributed by atoms with Crippen LogP contribution in [0.15, 0.2) is 42.6 Å². The van der Waals surface area contributed by atoms with Crippen molar-refractivity contribution in [3.63, 3.8) is 0 Å². The molecule has 0 unspecified atom stereocenters. The van der Waals surface area contributed by atoms with E-state index in [4.69, 9.17) is 11.2 Å². The van der Waals surface area contributed by atoms with Crippen LogP contribution in [0.4, 0.5) is 5.69 Å². The van der Waals surface area contributed by atoms with E-state index in [1.807, 2.05) is 43.3 Å². The number of nitrogens with zero attached hydrogens (tertiary/aromatic N) is 1. The van der Waals surface area contributed by atoms with E-state index < -0.39 is 0 Å². The molecule has 19 heavy (non-hydrogen) atoms. The summed E-state index contributed by atoms with van der Waals surface area (Å²) in [4.78, 5) is 4.24. The first-order valence-corrected chi connectivity index (χ1v) is 6.11. The minimum absolute atomic E-state index is 0.281. The number of nitrogens with one attached hydrogen (secondary N) is 1. The Bertz CT molecular complexity index is 587. The lowest BCUT2D eigenvalue weighted by Crippen LogP contribution is -2.04. The number of anilines is 1. The Morgan fingerprint density at radius 2 is 2.11 bits per heavy atom. The van der Waals surface area contributed by atoms with E-state index in [1.54, 1.807) is 6.20 Å². The average molecular weight is 252 g/mol. The largest absolute Gasteiger partial charge is 0.481 e. The number of rotatable bonds is 5. The molecule has 0 aliphatic heterocycles. The standard InChI is InChI=1S/C16H16N2O/c1-3-11-19-16-9-5-4-7-14(16)12-18-15-8-6-10-17-13(15)2/h1,4-10,18H,11-12H2,2H3. The van der Waals surface area contributed by atoms with E-state index in [-0.39, 0.29) is 6.61 Å². The van der Waals surface area contributed by atoms with Crippen molar-refractivity contribution in [1.82, 2.24) is 4.98 Å². The molecule has 2 aromatic rings. The Balaban J connectivity index is 2.07. The summed E-state index contributed by atoms with van der Waals surface area (Å²) < 4.78 is 5.51. The van der Waals surface area contributed by atoms with Crippen LogP contribution in [0.2, 0.25) is 0 Å². The second kappa shape index (κ2) is 6.46. The topological polar surface area (TPSA) is 34.1 Å². The van der Waals surface area contributed by atoms with Gasteiger partial charge in [0.15, 0.2) is 0 Å². The van der Waals surface area contributed by atoms with Crippen molar-refractivity contribution < 1.29 is 4.74 Å². The molecule has 2 rings (SSSR count). The number of aromatic nitrogens is 1. The fourth-order valence-electron chi connectivity index (χ4n) is 1.77. The Morgan fingerprint density at radius 1 is 1.26 bits per heavy atom. The molecule has 0 aliphatic carbocycles. The number of para-hydroxylation sites is 1. The fraction of sp³-hybridized carbons (Fsp3) is 0.188. The summed E-state index contributed by atoms with van der Waals surface area (Å²) in [6.45, 7) is 2.93. The third-order valence-electron chi connectivity index (χ3n) is 2.76. The molecule has 1 aromatic heterocycles. The van der Waals surface area contributed by atoms with Crippen LogP contribution >= 0.6 is 0 Å². The van der Waals surface area contributed by atoms with Gasteiger partial charge in [0.05, 0.1) is 11.4 Å². The third kappa shape index (κ3) is 3.49. The normalized spacial score (nSPS) is 9.68. The van der Waals surface area contributed by atoms with Crippen LogP contribution in [-0.2, 0) is 6.54 Å². The zero-order valence-electron chi connectivity index (χ0n) is 10.9. The van der Waals surface area contributed by atoms with E-state index in [1.165, 1.54) is 0 Å². The number of aryl methyl sites for hydroxylation is 1. The molecule has 96 valence electrons. The molecule has 0 aliphatic rings. The van der Waals surface area contributed by atoms with Crippen molar-refractivity contribution in [2.45, 2.75) is 13.5 Å². The third-order valence-corrected chi connectivity index (χ3v) is 2.76. The highest BCUT2D eigenvalue weighted by molar-refractivity contribution is 5.48. The van der Waals surface area contributed by atoms with Gasteiger partial charge in [0.25, 0.3) is 0 Å². The molecule has 0 radical (unpaired) electrons. The second-order valence-electron chi connectivity index (χ2n) is 4.09. The molecule has 0 saturated heterocycles. The molecule has 0 fully saturated rings. The number of pyridine rings is 1. The van der Waals surface area contributed by atoms with Crippen LogP contribution in [0.3, 0.4) is 0 Å². The van der Waals surface area contributed by atoms with E-state index in [2.05, 4.69) is 16.2 Å². The van der Waals surface area contributed by atoms with Gasteiger partial charge in [-0.15, -0.1) is 6.42 Å². The number of hydrogen-bond acceptors (Lipinski definition) is 3. The van der Waals surface area contributed by atoms with Crippen molar-refractivity contribution in [3.8, 4) is 18.1 Å². The number of ether oxygens (including phenoxy) is 1. The summed E-state index contributed by atoms with van der Waals surface area (Å²) >= 11 is 0. The molecule has 1 aromatic carbocycles. The Kier molecular flexibility index (Phi) is 4.41. The van der Waals surface area contributed by atoms with Crippen molar-refractivity contribution in [1.29, 1.82) is 0 Å². The molecule has 0 atom stereocenters. The quantitative estimate of drug-likeness (QED) is 0.831. The van der Waals surface area contributed by atoms with Crippen LogP contribution in [0, 0.1) is 19.3 Å². The molecule has 0 amide bonds. The zero-order valence-corrected chi connectivity index (χ0v) is 10.9. The van der Waals surface area contributed by atoms with Crippen LogP contribution in [0.25, 0.3) is 0 Å². The number of terminal acetylenes is 1. The molecular weight excluding hydrogens is 236 g/mol. The predicted molar refractivity (Wildman–Crippen MR) is 77.1 cm³/mol. The van der Waals surface area contributed by atoms with Crippen molar-refractivity contribution >= 4 is 5.69 Å². The van der Waals surface area contributed by atoms with Gasteiger partial charge in [0, 0.05) is 18.3 Å². The van der Waals surface area contributed by atoms with Crippen molar-refractivity contribution in [2.75, 3.05) is 11.9 Å². The molecular formula is C16H16N2O. The van der Waals surface area contributed by atoms with Crippen molar-refractivity contribution in [2.24, 2.45) is 0 Å². The van der Waals surface area contributed by atoms with Gasteiger partial charge in [-0.05, 0) is 25.1 Å². The highest BCUT2D eigenvalue weighted by Gasteiger charge is 2.03. The van der Waals surface area contributed by atoms with Crippen LogP contribution < -0.4 is 10.1 Å². The first-order chi connectivity index (χ1) is 9.31. The van der Waals surface area contributed by atoms with Gasteiger partial charge in [-0.1, -0.05) is 24.1 Å². The number of hydrogen-bond donors (Lipinski definition) is 1. The smallest absolute Gasteiger partial charge is 0.148 e. The van der Waals surface area contributed by atoms with Crippen LogP contribution in [0.1, 0.15) is 11.3 Å². The van der Waals surface area contributed by atoms with Gasteiger partial charge in [-0.25, -0.2) is 0 Å². The molecule has 0 spiro atoms. The van der Waals surface area contributed by atoms with Gasteiger partial charge < -0.3 is 10.1 Å². The minimum Gasteiger partial charge on any atom is -0.481 e. The molecule has 0 saturated carbocycles. The molecule has 0 bridgehead atoms. The first-order valence-electron chi connectivity index (χ1n) is 6.11. The summed E-state index contributed by atoms with van der Waals surface area (Å²) in [5.74, 6) is 3.29. The highest BCUT2D eigenvalue weighted by Crippen LogP contribution is 2.20. The first kappa shape index (κ1) is 13.0. The monoisotopic (exact) mass is 252 g/mol. The van der Waals surface area contributed by atoms with Gasteiger partial charge in [-0.3, -0.25) is 4.98 Å². The average Bonchev–Trinajstić information content (AvgIpc) is 2.45. The summed E-state index contributed by atoms with van der Waals surface area (Å²) in [5, 5.41) is 3.35. The Morgan fingerprint density at radius 3 is 2.89 bits per heavy atom. The predicted octanol–water partition coefficient (Wildman–Crippen LogP) is 3.01. The van der Waals surface area contributed by atoms with E-state index in [0.29, 0.717) is 6.54 Å². The summed E-state index contributed by atoms with van der Waals surface area (Å²) in [6.07, 6.45) is 6.99. The lowest BCUT2D eigenvalue weighted by Gasteiger charge is -2.12. The SMILES string of the molecule is C#CCOc1ccccc1CNc1cccnc1C. The van der Waals surface area contributed by atoms with Crippen molar-refractivity contribution in [3.05, 3.63) is 53.9 Å². The maximum atomic E-state index is 5.51. The Hall–Kier alpha value is -2.47. The van der Waals surface area contributed by atoms with Crippen LogP contribution in [0.5, 0.6) is 5.75 Å². The fourth-order valence-corrected chi connectivity index (χ4v) is 1.77. The van der Waals surface area contributed by atoms with E-state index >= 15 is 0 Å².